The number of hydrogen-bond donors (Lipinski definition) is 1. The molecule has 1 aliphatic heterocycles. The van der Waals surface area contributed by atoms with Crippen molar-refractivity contribution in [1.29, 1.82) is 0 Å². The summed E-state index contributed by atoms with van der Waals surface area (Å²) in [5, 5.41) is 0. The number of aromatic nitrogens is 1. The Morgan fingerprint density at radius 1 is 1.12 bits per heavy atom. The molecule has 2 heterocycles. The zero-order valence-corrected chi connectivity index (χ0v) is 14.0. The average molecular weight is 349 g/mol. The summed E-state index contributed by atoms with van der Waals surface area (Å²) >= 11 is 0. The first-order valence-electron chi connectivity index (χ1n) is 7.96. The molecule has 1 aliphatic rings. The molecule has 0 spiro atoms. The van der Waals surface area contributed by atoms with E-state index in [1.807, 2.05) is 18.2 Å². The number of nitrogens with one attached hydrogen (secondary N) is 1. The van der Waals surface area contributed by atoms with Crippen molar-refractivity contribution in [3.8, 4) is 0 Å². The number of piperidine rings is 1. The van der Waals surface area contributed by atoms with Crippen LogP contribution in [0.15, 0.2) is 53.6 Å². The molecule has 0 amide bonds. The molecule has 1 aromatic carbocycles. The van der Waals surface area contributed by atoms with Gasteiger partial charge in [0, 0.05) is 25.8 Å². The Labute approximate surface area is 141 Å². The van der Waals surface area contributed by atoms with Crippen molar-refractivity contribution < 1.29 is 12.8 Å². The summed E-state index contributed by atoms with van der Waals surface area (Å²) in [7, 11) is -3.58. The predicted molar refractivity (Wildman–Crippen MR) is 90.8 cm³/mol. The molecule has 0 saturated carbocycles. The molecule has 1 saturated heterocycles. The molecule has 24 heavy (non-hydrogen) atoms. The maximum Gasteiger partial charge on any atom is 0.240 e. The first-order chi connectivity index (χ1) is 11.5. The summed E-state index contributed by atoms with van der Waals surface area (Å²) in [6.07, 6.45) is 3.59. The van der Waals surface area contributed by atoms with E-state index in [0.29, 0.717) is 12.5 Å². The van der Waals surface area contributed by atoms with Gasteiger partial charge < -0.3 is 4.90 Å². The van der Waals surface area contributed by atoms with Crippen LogP contribution in [0.1, 0.15) is 12.8 Å². The second kappa shape index (κ2) is 7.27. The Kier molecular flexibility index (Phi) is 5.11. The quantitative estimate of drug-likeness (QED) is 0.900. The zero-order chi connectivity index (χ0) is 17.0. The van der Waals surface area contributed by atoms with E-state index in [0.717, 1.165) is 43.9 Å². The van der Waals surface area contributed by atoms with E-state index in [1.54, 1.807) is 6.20 Å². The third-order valence-electron chi connectivity index (χ3n) is 4.27. The number of hydrogen-bond acceptors (Lipinski definition) is 4. The van der Waals surface area contributed by atoms with Crippen LogP contribution in [0.2, 0.25) is 0 Å². The lowest BCUT2D eigenvalue weighted by atomic mass is 9.97. The summed E-state index contributed by atoms with van der Waals surface area (Å²) < 4.78 is 40.0. The van der Waals surface area contributed by atoms with Crippen molar-refractivity contribution in [2.75, 3.05) is 24.5 Å². The Morgan fingerprint density at radius 3 is 2.46 bits per heavy atom. The molecule has 128 valence electrons. The fourth-order valence-corrected chi connectivity index (χ4v) is 3.95. The smallest absolute Gasteiger partial charge is 0.240 e. The second-order valence-electron chi connectivity index (χ2n) is 5.92. The number of sulfonamides is 1. The fourth-order valence-electron chi connectivity index (χ4n) is 2.83. The molecule has 0 bridgehead atoms. The van der Waals surface area contributed by atoms with Crippen LogP contribution >= 0.6 is 0 Å². The van der Waals surface area contributed by atoms with E-state index in [1.165, 1.54) is 12.1 Å². The maximum atomic E-state index is 12.9. The van der Waals surface area contributed by atoms with Gasteiger partial charge in [-0.3, -0.25) is 0 Å². The number of nitrogens with zero attached hydrogens (tertiary/aromatic N) is 2. The summed E-state index contributed by atoms with van der Waals surface area (Å²) in [6.45, 7) is 2.12. The minimum atomic E-state index is -3.58. The third-order valence-corrected chi connectivity index (χ3v) is 5.71. The van der Waals surface area contributed by atoms with E-state index in [9.17, 15) is 12.8 Å². The van der Waals surface area contributed by atoms with Gasteiger partial charge in [0.25, 0.3) is 0 Å². The molecular weight excluding hydrogens is 329 g/mol. The van der Waals surface area contributed by atoms with Gasteiger partial charge >= 0.3 is 0 Å². The van der Waals surface area contributed by atoms with Crippen molar-refractivity contribution in [3.05, 3.63) is 54.5 Å². The van der Waals surface area contributed by atoms with E-state index < -0.39 is 15.8 Å². The van der Waals surface area contributed by atoms with Gasteiger partial charge in [0.2, 0.25) is 10.0 Å². The minimum absolute atomic E-state index is 0.0924. The molecule has 1 N–H and O–H groups in total. The van der Waals surface area contributed by atoms with Crippen LogP contribution in [0.5, 0.6) is 0 Å². The lowest BCUT2D eigenvalue weighted by Crippen LogP contribution is -2.39. The van der Waals surface area contributed by atoms with E-state index in [-0.39, 0.29) is 4.90 Å². The van der Waals surface area contributed by atoms with E-state index in [2.05, 4.69) is 14.6 Å². The molecule has 1 fully saturated rings. The van der Waals surface area contributed by atoms with Crippen LogP contribution in [0.3, 0.4) is 0 Å². The number of halogens is 1. The Hall–Kier alpha value is -1.99. The van der Waals surface area contributed by atoms with Crippen molar-refractivity contribution in [2.45, 2.75) is 17.7 Å². The van der Waals surface area contributed by atoms with E-state index >= 15 is 0 Å². The average Bonchev–Trinajstić information content (AvgIpc) is 2.62. The molecule has 3 rings (SSSR count). The molecule has 5 nitrogen and oxygen atoms in total. The highest BCUT2D eigenvalue weighted by atomic mass is 32.2. The normalized spacial score (nSPS) is 16.3. The summed E-state index contributed by atoms with van der Waals surface area (Å²) in [5.74, 6) is 0.805. The van der Waals surface area contributed by atoms with Crippen LogP contribution in [-0.4, -0.2) is 33.0 Å². The highest BCUT2D eigenvalue weighted by Gasteiger charge is 2.22. The van der Waals surface area contributed by atoms with Crippen molar-refractivity contribution in [1.82, 2.24) is 9.71 Å². The van der Waals surface area contributed by atoms with Gasteiger partial charge in [-0.05, 0) is 55.2 Å². The maximum absolute atomic E-state index is 12.9. The Balaban J connectivity index is 1.52. The third kappa shape index (κ3) is 4.10. The van der Waals surface area contributed by atoms with Crippen LogP contribution in [0.4, 0.5) is 10.2 Å². The lowest BCUT2D eigenvalue weighted by molar-refractivity contribution is 0.400. The molecule has 7 heteroatoms. The first kappa shape index (κ1) is 16.9. The molecule has 0 radical (unpaired) electrons. The lowest BCUT2D eigenvalue weighted by Gasteiger charge is -2.32. The highest BCUT2D eigenvalue weighted by Crippen LogP contribution is 2.21. The van der Waals surface area contributed by atoms with Gasteiger partial charge in [0.1, 0.15) is 11.6 Å². The number of benzene rings is 1. The number of rotatable bonds is 5. The van der Waals surface area contributed by atoms with Gasteiger partial charge in [-0.1, -0.05) is 6.07 Å². The second-order valence-corrected chi connectivity index (χ2v) is 7.69. The topological polar surface area (TPSA) is 62.3 Å². The standard InChI is InChI=1S/C17H20FN3O2S/c18-15-4-6-16(7-5-15)24(22,23)20-13-14-8-11-21(12-9-14)17-3-1-2-10-19-17/h1-7,10,14,20H,8-9,11-13H2. The monoisotopic (exact) mass is 349 g/mol. The van der Waals surface area contributed by atoms with Crippen molar-refractivity contribution >= 4 is 15.8 Å². The van der Waals surface area contributed by atoms with Crippen molar-refractivity contribution in [2.24, 2.45) is 5.92 Å². The summed E-state index contributed by atoms with van der Waals surface area (Å²) in [5.41, 5.74) is 0. The summed E-state index contributed by atoms with van der Waals surface area (Å²) in [6, 6.07) is 10.7. The highest BCUT2D eigenvalue weighted by molar-refractivity contribution is 7.89. The SMILES string of the molecule is O=S(=O)(NCC1CCN(c2ccccn2)CC1)c1ccc(F)cc1. The molecule has 0 unspecified atom stereocenters. The van der Waals surface area contributed by atoms with Gasteiger partial charge in [0.05, 0.1) is 4.90 Å². The molecule has 0 atom stereocenters. The van der Waals surface area contributed by atoms with Crippen LogP contribution < -0.4 is 9.62 Å². The van der Waals surface area contributed by atoms with Crippen LogP contribution in [-0.2, 0) is 10.0 Å². The number of anilines is 1. The predicted octanol–water partition coefficient (Wildman–Crippen LogP) is 2.42. The zero-order valence-electron chi connectivity index (χ0n) is 13.2. The van der Waals surface area contributed by atoms with Crippen LogP contribution in [0.25, 0.3) is 0 Å². The van der Waals surface area contributed by atoms with Gasteiger partial charge in [0.15, 0.2) is 0 Å². The van der Waals surface area contributed by atoms with Gasteiger partial charge in [-0.25, -0.2) is 22.5 Å². The molecule has 2 aromatic rings. The Bertz CT molecular complexity index is 758. The van der Waals surface area contributed by atoms with Gasteiger partial charge in [-0.2, -0.15) is 0 Å². The van der Waals surface area contributed by atoms with Gasteiger partial charge in [-0.15, -0.1) is 0 Å². The summed E-state index contributed by atoms with van der Waals surface area (Å²) in [4.78, 5) is 6.65. The fraction of sp³-hybridized carbons (Fsp3) is 0.353. The van der Waals surface area contributed by atoms with E-state index in [4.69, 9.17) is 0 Å². The van der Waals surface area contributed by atoms with Crippen molar-refractivity contribution in [3.63, 3.8) is 0 Å². The minimum Gasteiger partial charge on any atom is -0.357 e. The first-order valence-corrected chi connectivity index (χ1v) is 9.44. The largest absolute Gasteiger partial charge is 0.357 e. The molecular formula is C17H20FN3O2S. The molecule has 0 aliphatic carbocycles. The number of pyridine rings is 1. The Morgan fingerprint density at radius 2 is 1.83 bits per heavy atom. The van der Waals surface area contributed by atoms with Crippen LogP contribution in [0, 0.1) is 11.7 Å². The molecule has 1 aromatic heterocycles.